The molecule has 0 aliphatic rings. The van der Waals surface area contributed by atoms with Crippen LogP contribution < -0.4 is 16.8 Å². The topological polar surface area (TPSA) is 103 Å². The van der Waals surface area contributed by atoms with Gasteiger partial charge in [0, 0.05) is 5.69 Å². The van der Waals surface area contributed by atoms with E-state index in [9.17, 15) is 0 Å². The summed E-state index contributed by atoms with van der Waals surface area (Å²) in [6.07, 6.45) is 1.23. The van der Waals surface area contributed by atoms with E-state index in [4.69, 9.17) is 15.9 Å². The van der Waals surface area contributed by atoms with Gasteiger partial charge in [0.25, 0.3) is 0 Å². The van der Waals surface area contributed by atoms with Gasteiger partial charge in [-0.2, -0.15) is 0 Å². The van der Waals surface area contributed by atoms with E-state index in [-0.39, 0.29) is 6.01 Å². The van der Waals surface area contributed by atoms with Gasteiger partial charge in [0.2, 0.25) is 6.39 Å². The van der Waals surface area contributed by atoms with Gasteiger partial charge in [0.15, 0.2) is 0 Å². The zero-order chi connectivity index (χ0) is 9.97. The van der Waals surface area contributed by atoms with Crippen LogP contribution in [0.25, 0.3) is 0 Å². The van der Waals surface area contributed by atoms with Crippen LogP contribution in [0.2, 0.25) is 0 Å². The van der Waals surface area contributed by atoms with Gasteiger partial charge in [0.1, 0.15) is 0 Å². The minimum atomic E-state index is 0.280. The summed E-state index contributed by atoms with van der Waals surface area (Å²) in [7, 11) is 0. The zero-order valence-corrected chi connectivity index (χ0v) is 7.27. The number of aromatic nitrogens is 2. The maximum absolute atomic E-state index is 5.70. The third kappa shape index (κ3) is 1.58. The Morgan fingerprint density at radius 1 is 1.29 bits per heavy atom. The van der Waals surface area contributed by atoms with Crippen molar-refractivity contribution >= 4 is 23.1 Å². The molecule has 2 rings (SSSR count). The number of anilines is 4. The summed E-state index contributed by atoms with van der Waals surface area (Å²) in [6.45, 7) is 0. The summed E-state index contributed by atoms with van der Waals surface area (Å²) in [5, 5.41) is 10.0. The number of nitrogens with one attached hydrogen (secondary N) is 1. The van der Waals surface area contributed by atoms with Crippen LogP contribution in [-0.4, -0.2) is 10.2 Å². The molecule has 6 nitrogen and oxygen atoms in total. The molecule has 0 atom stereocenters. The third-order valence-corrected chi connectivity index (χ3v) is 1.68. The second-order valence-electron chi connectivity index (χ2n) is 2.72. The molecule has 1 aromatic carbocycles. The standard InChI is InChI=1S/C8H9N5O/c9-5-1-2-6(10)7(3-5)12-8-13-11-4-14-8/h1-4H,9-10H2,(H,12,13). The largest absolute Gasteiger partial charge is 0.411 e. The van der Waals surface area contributed by atoms with Crippen molar-refractivity contribution in [2.75, 3.05) is 16.8 Å². The quantitative estimate of drug-likeness (QED) is 0.611. The minimum absolute atomic E-state index is 0.280. The lowest BCUT2D eigenvalue weighted by Gasteiger charge is -2.05. The third-order valence-electron chi connectivity index (χ3n) is 1.68. The van der Waals surface area contributed by atoms with Gasteiger partial charge in [-0.1, -0.05) is 5.10 Å². The molecular weight excluding hydrogens is 182 g/mol. The van der Waals surface area contributed by atoms with E-state index in [0.29, 0.717) is 17.1 Å². The Bertz CT molecular complexity index is 425. The highest BCUT2D eigenvalue weighted by Gasteiger charge is 2.03. The van der Waals surface area contributed by atoms with E-state index in [2.05, 4.69) is 15.5 Å². The lowest BCUT2D eigenvalue weighted by Crippen LogP contribution is -1.97. The highest BCUT2D eigenvalue weighted by atomic mass is 16.4. The molecule has 2 aromatic rings. The predicted octanol–water partition coefficient (Wildman–Crippen LogP) is 0.978. The molecule has 0 aliphatic heterocycles. The number of rotatable bonds is 2. The molecule has 0 amide bonds. The molecule has 0 fully saturated rings. The second-order valence-corrected chi connectivity index (χ2v) is 2.72. The van der Waals surface area contributed by atoms with Crippen LogP contribution in [0, 0.1) is 0 Å². The average Bonchev–Trinajstić information content (AvgIpc) is 2.64. The van der Waals surface area contributed by atoms with Crippen LogP contribution in [0.5, 0.6) is 0 Å². The van der Waals surface area contributed by atoms with E-state index < -0.39 is 0 Å². The summed E-state index contributed by atoms with van der Waals surface area (Å²) in [5.74, 6) is 0. The molecule has 14 heavy (non-hydrogen) atoms. The second kappa shape index (κ2) is 3.25. The first-order chi connectivity index (χ1) is 6.75. The summed E-state index contributed by atoms with van der Waals surface area (Å²) >= 11 is 0. The smallest absolute Gasteiger partial charge is 0.319 e. The Hall–Kier alpha value is -2.24. The Labute approximate surface area is 79.9 Å². The molecule has 1 aromatic heterocycles. The van der Waals surface area contributed by atoms with Gasteiger partial charge in [-0.3, -0.25) is 0 Å². The Kier molecular flexibility index (Phi) is 1.94. The maximum atomic E-state index is 5.70. The number of nitrogen functional groups attached to an aromatic ring is 2. The van der Waals surface area contributed by atoms with Crippen molar-refractivity contribution in [1.29, 1.82) is 0 Å². The van der Waals surface area contributed by atoms with Gasteiger partial charge in [-0.25, -0.2) is 0 Å². The summed E-state index contributed by atoms with van der Waals surface area (Å²) in [6, 6.07) is 5.39. The van der Waals surface area contributed by atoms with Crippen molar-refractivity contribution in [1.82, 2.24) is 10.2 Å². The highest BCUT2D eigenvalue weighted by molar-refractivity contribution is 5.73. The SMILES string of the molecule is Nc1ccc(N)c(Nc2nnco2)c1. The fourth-order valence-corrected chi connectivity index (χ4v) is 1.02. The van der Waals surface area contributed by atoms with Crippen LogP contribution in [0.15, 0.2) is 29.0 Å². The van der Waals surface area contributed by atoms with Gasteiger partial charge in [0.05, 0.1) is 11.4 Å². The zero-order valence-electron chi connectivity index (χ0n) is 7.27. The summed E-state index contributed by atoms with van der Waals surface area (Å²) in [5.41, 5.74) is 13.1. The van der Waals surface area contributed by atoms with Gasteiger partial charge in [-0.15, -0.1) is 5.10 Å². The number of benzene rings is 1. The lowest BCUT2D eigenvalue weighted by molar-refractivity contribution is 0.572. The molecule has 0 unspecified atom stereocenters. The van der Waals surface area contributed by atoms with Crippen molar-refractivity contribution in [3.05, 3.63) is 24.6 Å². The first-order valence-electron chi connectivity index (χ1n) is 3.94. The molecule has 0 aliphatic carbocycles. The molecule has 72 valence electrons. The van der Waals surface area contributed by atoms with Crippen molar-refractivity contribution < 1.29 is 4.42 Å². The fraction of sp³-hybridized carbons (Fsp3) is 0. The van der Waals surface area contributed by atoms with Crippen LogP contribution in [-0.2, 0) is 0 Å². The van der Waals surface area contributed by atoms with E-state index in [1.54, 1.807) is 18.2 Å². The van der Waals surface area contributed by atoms with Crippen molar-refractivity contribution in [3.63, 3.8) is 0 Å². The highest BCUT2D eigenvalue weighted by Crippen LogP contribution is 2.23. The van der Waals surface area contributed by atoms with Crippen molar-refractivity contribution in [2.24, 2.45) is 0 Å². The number of nitrogens with zero attached hydrogens (tertiary/aromatic N) is 2. The number of nitrogens with two attached hydrogens (primary N) is 2. The normalized spacial score (nSPS) is 10.0. The summed E-state index contributed by atoms with van der Waals surface area (Å²) in [4.78, 5) is 0. The Morgan fingerprint density at radius 3 is 2.86 bits per heavy atom. The van der Waals surface area contributed by atoms with E-state index in [1.807, 2.05) is 0 Å². The first-order valence-corrected chi connectivity index (χ1v) is 3.94. The molecule has 0 saturated carbocycles. The van der Waals surface area contributed by atoms with Gasteiger partial charge >= 0.3 is 6.01 Å². The maximum Gasteiger partial charge on any atom is 0.319 e. The van der Waals surface area contributed by atoms with E-state index in [1.165, 1.54) is 6.39 Å². The molecule has 0 bridgehead atoms. The van der Waals surface area contributed by atoms with Crippen LogP contribution >= 0.6 is 0 Å². The van der Waals surface area contributed by atoms with Gasteiger partial charge in [-0.05, 0) is 18.2 Å². The molecule has 0 saturated heterocycles. The van der Waals surface area contributed by atoms with Crippen LogP contribution in [0.3, 0.4) is 0 Å². The molecule has 0 radical (unpaired) electrons. The van der Waals surface area contributed by atoms with Crippen molar-refractivity contribution in [2.45, 2.75) is 0 Å². The Morgan fingerprint density at radius 2 is 2.14 bits per heavy atom. The molecule has 0 spiro atoms. The fourth-order valence-electron chi connectivity index (χ4n) is 1.02. The van der Waals surface area contributed by atoms with Crippen LogP contribution in [0.1, 0.15) is 0 Å². The lowest BCUT2D eigenvalue weighted by atomic mass is 10.2. The minimum Gasteiger partial charge on any atom is -0.411 e. The van der Waals surface area contributed by atoms with E-state index >= 15 is 0 Å². The predicted molar refractivity (Wildman–Crippen MR) is 52.8 cm³/mol. The first kappa shape index (κ1) is 8.36. The van der Waals surface area contributed by atoms with E-state index in [0.717, 1.165) is 0 Å². The van der Waals surface area contributed by atoms with Crippen LogP contribution in [0.4, 0.5) is 23.1 Å². The Balaban J connectivity index is 2.28. The number of hydrogen-bond acceptors (Lipinski definition) is 6. The molecular formula is C8H9N5O. The van der Waals surface area contributed by atoms with Crippen molar-refractivity contribution in [3.8, 4) is 0 Å². The monoisotopic (exact) mass is 191 g/mol. The summed E-state index contributed by atoms with van der Waals surface area (Å²) < 4.78 is 4.90. The molecule has 6 heteroatoms. The molecule has 1 heterocycles. The molecule has 5 N–H and O–H groups in total. The number of hydrogen-bond donors (Lipinski definition) is 3. The average molecular weight is 191 g/mol. The van der Waals surface area contributed by atoms with Gasteiger partial charge < -0.3 is 21.2 Å².